The first-order valence-corrected chi connectivity index (χ1v) is 10.9. The predicted molar refractivity (Wildman–Crippen MR) is 127 cm³/mol. The van der Waals surface area contributed by atoms with Crippen molar-refractivity contribution in [1.82, 2.24) is 15.5 Å². The number of carbonyl (C=O) groups excluding carboxylic acids is 1. The lowest BCUT2D eigenvalue weighted by Crippen LogP contribution is -2.42. The number of guanidine groups is 1. The fourth-order valence-corrected chi connectivity index (χ4v) is 3.81. The van der Waals surface area contributed by atoms with Gasteiger partial charge in [0, 0.05) is 25.8 Å². The van der Waals surface area contributed by atoms with E-state index in [0.717, 1.165) is 36.9 Å². The Morgan fingerprint density at radius 3 is 2.31 bits per heavy atom. The summed E-state index contributed by atoms with van der Waals surface area (Å²) in [5, 5.41) is 9.49. The van der Waals surface area contributed by atoms with E-state index in [4.69, 9.17) is 4.74 Å². The summed E-state index contributed by atoms with van der Waals surface area (Å²) in [7, 11) is 4.81. The van der Waals surface area contributed by atoms with Crippen molar-refractivity contribution in [2.45, 2.75) is 25.4 Å². The number of benzene rings is 2. The second kappa shape index (κ2) is 12.0. The highest BCUT2D eigenvalue weighted by Gasteiger charge is 2.23. The largest absolute Gasteiger partial charge is 0.497 e. The van der Waals surface area contributed by atoms with Gasteiger partial charge in [0.25, 0.3) is 0 Å². The van der Waals surface area contributed by atoms with Crippen LogP contribution in [-0.2, 0) is 11.3 Å². The SMILES string of the molecule is CN=C(NCc1ccc(NC(=O)OC)cc1)NCC(c1ccc(OC)cc1)N1CCCC1. The van der Waals surface area contributed by atoms with Gasteiger partial charge in [0.2, 0.25) is 0 Å². The quantitative estimate of drug-likeness (QED) is 0.432. The maximum Gasteiger partial charge on any atom is 0.411 e. The number of nitrogens with one attached hydrogen (secondary N) is 3. The molecule has 3 N–H and O–H groups in total. The number of ether oxygens (including phenoxy) is 2. The molecule has 172 valence electrons. The third-order valence-electron chi connectivity index (χ3n) is 5.61. The molecule has 1 amide bonds. The Balaban J connectivity index is 1.56. The molecule has 2 aromatic carbocycles. The summed E-state index contributed by atoms with van der Waals surface area (Å²) in [6.07, 6.45) is 1.99. The number of anilines is 1. The molecule has 1 fully saturated rings. The summed E-state index contributed by atoms with van der Waals surface area (Å²) in [5.41, 5.74) is 3.04. The van der Waals surface area contributed by atoms with E-state index >= 15 is 0 Å². The van der Waals surface area contributed by atoms with Crippen LogP contribution in [-0.4, -0.2) is 57.9 Å². The second-order valence-corrected chi connectivity index (χ2v) is 7.65. The van der Waals surface area contributed by atoms with Crippen molar-refractivity contribution in [3.05, 3.63) is 59.7 Å². The van der Waals surface area contributed by atoms with Crippen LogP contribution in [0.1, 0.15) is 30.0 Å². The molecule has 1 aliphatic heterocycles. The molecule has 8 nitrogen and oxygen atoms in total. The lowest BCUT2D eigenvalue weighted by atomic mass is 10.1. The third kappa shape index (κ3) is 6.62. The molecule has 32 heavy (non-hydrogen) atoms. The lowest BCUT2D eigenvalue weighted by molar-refractivity contribution is 0.187. The molecule has 0 aromatic heterocycles. The van der Waals surface area contributed by atoms with Crippen LogP contribution in [0, 0.1) is 0 Å². The number of nitrogens with zero attached hydrogens (tertiary/aromatic N) is 2. The Morgan fingerprint density at radius 2 is 1.72 bits per heavy atom. The molecule has 3 rings (SSSR count). The van der Waals surface area contributed by atoms with Gasteiger partial charge in [0.05, 0.1) is 20.3 Å². The van der Waals surface area contributed by atoms with E-state index in [9.17, 15) is 4.79 Å². The summed E-state index contributed by atoms with van der Waals surface area (Å²) in [5.74, 6) is 1.62. The smallest absolute Gasteiger partial charge is 0.411 e. The molecule has 0 saturated carbocycles. The predicted octanol–water partition coefficient (Wildman–Crippen LogP) is 3.38. The summed E-state index contributed by atoms with van der Waals surface area (Å²) in [6, 6.07) is 16.2. The standard InChI is InChI=1S/C24H33N5O3/c1-25-23(26-16-18-6-10-20(11-7-18)28-24(30)32-3)27-17-22(29-14-4-5-15-29)19-8-12-21(31-2)13-9-19/h6-13,22H,4-5,14-17H2,1-3H3,(H,28,30)(H2,25,26,27). The molecule has 2 aromatic rings. The summed E-state index contributed by atoms with van der Waals surface area (Å²) < 4.78 is 9.92. The van der Waals surface area contributed by atoms with Gasteiger partial charge < -0.3 is 20.1 Å². The molecule has 1 saturated heterocycles. The van der Waals surface area contributed by atoms with Gasteiger partial charge in [-0.25, -0.2) is 4.79 Å². The van der Waals surface area contributed by atoms with E-state index in [1.54, 1.807) is 14.2 Å². The molecular weight excluding hydrogens is 406 g/mol. The van der Waals surface area contributed by atoms with Gasteiger partial charge in [-0.3, -0.25) is 15.2 Å². The fraction of sp³-hybridized carbons (Fsp3) is 0.417. The molecule has 0 bridgehead atoms. The van der Waals surface area contributed by atoms with Crippen molar-refractivity contribution in [3.8, 4) is 5.75 Å². The third-order valence-corrected chi connectivity index (χ3v) is 5.61. The first-order valence-electron chi connectivity index (χ1n) is 10.9. The van der Waals surface area contributed by atoms with Crippen molar-refractivity contribution >= 4 is 17.7 Å². The summed E-state index contributed by atoms with van der Waals surface area (Å²) in [4.78, 5) is 18.2. The van der Waals surface area contributed by atoms with Crippen LogP contribution in [0.3, 0.4) is 0 Å². The minimum atomic E-state index is -0.482. The van der Waals surface area contributed by atoms with Gasteiger partial charge in [0.15, 0.2) is 5.96 Å². The first kappa shape index (κ1) is 23.4. The van der Waals surface area contributed by atoms with Crippen LogP contribution in [0.2, 0.25) is 0 Å². The highest BCUT2D eigenvalue weighted by atomic mass is 16.5. The Kier molecular flexibility index (Phi) is 8.74. The average molecular weight is 440 g/mol. The Bertz CT molecular complexity index is 878. The second-order valence-electron chi connectivity index (χ2n) is 7.65. The molecular formula is C24H33N5O3. The molecule has 0 spiro atoms. The molecule has 0 aliphatic carbocycles. The summed E-state index contributed by atoms with van der Waals surface area (Å²) in [6.45, 7) is 3.59. The molecule has 1 unspecified atom stereocenters. The normalized spacial score (nSPS) is 15.2. The lowest BCUT2D eigenvalue weighted by Gasteiger charge is -2.29. The zero-order valence-electron chi connectivity index (χ0n) is 19.1. The maximum absolute atomic E-state index is 11.3. The van der Waals surface area contributed by atoms with E-state index in [2.05, 4.69) is 42.7 Å². The van der Waals surface area contributed by atoms with Crippen LogP contribution in [0.4, 0.5) is 10.5 Å². The highest BCUT2D eigenvalue weighted by molar-refractivity contribution is 5.84. The maximum atomic E-state index is 11.3. The molecule has 1 heterocycles. The van der Waals surface area contributed by atoms with Gasteiger partial charge in [-0.05, 0) is 61.3 Å². The molecule has 8 heteroatoms. The van der Waals surface area contributed by atoms with Crippen LogP contribution < -0.4 is 20.7 Å². The van der Waals surface area contributed by atoms with Gasteiger partial charge in [-0.2, -0.15) is 0 Å². The van der Waals surface area contributed by atoms with Gasteiger partial charge in [0.1, 0.15) is 5.75 Å². The van der Waals surface area contributed by atoms with Crippen molar-refractivity contribution < 1.29 is 14.3 Å². The van der Waals surface area contributed by atoms with Crippen LogP contribution in [0.15, 0.2) is 53.5 Å². The Hall–Kier alpha value is -3.26. The number of hydrogen-bond acceptors (Lipinski definition) is 5. The number of aliphatic imine (C=N–C) groups is 1. The van der Waals surface area contributed by atoms with E-state index in [-0.39, 0.29) is 6.04 Å². The number of carbonyl (C=O) groups is 1. The fourth-order valence-electron chi connectivity index (χ4n) is 3.81. The molecule has 1 aliphatic rings. The monoisotopic (exact) mass is 439 g/mol. The van der Waals surface area contributed by atoms with Crippen LogP contribution in [0.25, 0.3) is 0 Å². The molecule has 0 radical (unpaired) electrons. The zero-order valence-corrected chi connectivity index (χ0v) is 19.1. The highest BCUT2D eigenvalue weighted by Crippen LogP contribution is 2.26. The first-order chi connectivity index (χ1) is 15.6. The summed E-state index contributed by atoms with van der Waals surface area (Å²) >= 11 is 0. The average Bonchev–Trinajstić information content (AvgIpc) is 3.37. The molecule has 1 atom stereocenters. The number of hydrogen-bond donors (Lipinski definition) is 3. The van der Waals surface area contributed by atoms with E-state index in [1.807, 2.05) is 36.4 Å². The number of methoxy groups -OCH3 is 2. The van der Waals surface area contributed by atoms with Gasteiger partial charge >= 0.3 is 6.09 Å². The topological polar surface area (TPSA) is 87.2 Å². The Morgan fingerprint density at radius 1 is 1.03 bits per heavy atom. The van der Waals surface area contributed by atoms with Gasteiger partial charge in [-0.15, -0.1) is 0 Å². The number of amides is 1. The van der Waals surface area contributed by atoms with E-state index in [0.29, 0.717) is 12.2 Å². The minimum absolute atomic E-state index is 0.269. The van der Waals surface area contributed by atoms with Crippen molar-refractivity contribution in [2.75, 3.05) is 46.2 Å². The van der Waals surface area contributed by atoms with Gasteiger partial charge in [-0.1, -0.05) is 24.3 Å². The number of likely N-dealkylation sites (tertiary alicyclic amines) is 1. The van der Waals surface area contributed by atoms with Crippen molar-refractivity contribution in [3.63, 3.8) is 0 Å². The Labute approximate surface area is 190 Å². The van der Waals surface area contributed by atoms with Crippen LogP contribution >= 0.6 is 0 Å². The van der Waals surface area contributed by atoms with E-state index < -0.39 is 6.09 Å². The van der Waals surface area contributed by atoms with Crippen molar-refractivity contribution in [2.24, 2.45) is 4.99 Å². The van der Waals surface area contributed by atoms with Crippen molar-refractivity contribution in [1.29, 1.82) is 0 Å². The van der Waals surface area contributed by atoms with Crippen LogP contribution in [0.5, 0.6) is 5.75 Å². The minimum Gasteiger partial charge on any atom is -0.497 e. The zero-order chi connectivity index (χ0) is 22.8. The van der Waals surface area contributed by atoms with E-state index in [1.165, 1.54) is 25.5 Å². The number of rotatable bonds is 8.